The SMILES string of the molecule is CC1(C)C(=O)Nc2cccc(CNc3nc(Nc4ccc(C5CCN(CCO)CC5)cc4)ncc3Br)c21. The van der Waals surface area contributed by atoms with E-state index in [1.54, 1.807) is 6.20 Å². The van der Waals surface area contributed by atoms with Crippen LogP contribution in [-0.4, -0.2) is 52.1 Å². The highest BCUT2D eigenvalue weighted by molar-refractivity contribution is 9.10. The van der Waals surface area contributed by atoms with Gasteiger partial charge in [-0.1, -0.05) is 24.3 Å². The zero-order valence-corrected chi connectivity index (χ0v) is 22.8. The molecule has 0 unspecified atom stereocenters. The van der Waals surface area contributed by atoms with Gasteiger partial charge in [-0.05, 0) is 96.5 Å². The van der Waals surface area contributed by atoms with E-state index in [0.717, 1.165) is 59.5 Å². The quantitative estimate of drug-likeness (QED) is 0.305. The van der Waals surface area contributed by atoms with Crippen molar-refractivity contribution in [3.8, 4) is 0 Å². The van der Waals surface area contributed by atoms with E-state index >= 15 is 0 Å². The van der Waals surface area contributed by atoms with Crippen LogP contribution in [-0.2, 0) is 16.8 Å². The number of halogens is 1. The number of nitrogens with one attached hydrogen (secondary N) is 3. The number of β-amino-alcohol motifs (C(OH)–C–C–N with tert-alkyl or cyclic N) is 1. The molecule has 0 spiro atoms. The second kappa shape index (κ2) is 10.8. The van der Waals surface area contributed by atoms with Gasteiger partial charge in [0.05, 0.1) is 16.5 Å². The third-order valence-corrected chi connectivity index (χ3v) is 8.00. The van der Waals surface area contributed by atoms with E-state index in [4.69, 9.17) is 5.11 Å². The third kappa shape index (κ3) is 5.49. The number of carbonyl (C=O) groups excluding carboxylic acids is 1. The molecule has 1 amide bonds. The van der Waals surface area contributed by atoms with Crippen molar-refractivity contribution in [2.75, 3.05) is 42.2 Å². The van der Waals surface area contributed by atoms with Crippen LogP contribution in [0, 0.1) is 0 Å². The maximum atomic E-state index is 12.4. The van der Waals surface area contributed by atoms with Crippen molar-refractivity contribution in [3.05, 3.63) is 69.8 Å². The molecule has 8 nitrogen and oxygen atoms in total. The number of nitrogens with zero attached hydrogens (tertiary/aromatic N) is 3. The van der Waals surface area contributed by atoms with Crippen LogP contribution in [0.1, 0.15) is 49.3 Å². The van der Waals surface area contributed by atoms with Gasteiger partial charge in [0.25, 0.3) is 0 Å². The molecule has 0 bridgehead atoms. The Morgan fingerprint density at radius 1 is 1.16 bits per heavy atom. The van der Waals surface area contributed by atoms with Crippen LogP contribution in [0.4, 0.5) is 23.1 Å². The lowest BCUT2D eigenvalue weighted by Crippen LogP contribution is -2.34. The van der Waals surface area contributed by atoms with Crippen LogP contribution in [0.15, 0.2) is 53.1 Å². The fraction of sp³-hybridized carbons (Fsp3) is 0.393. The lowest BCUT2D eigenvalue weighted by Gasteiger charge is -2.31. The summed E-state index contributed by atoms with van der Waals surface area (Å²) >= 11 is 3.55. The Morgan fingerprint density at radius 2 is 1.92 bits per heavy atom. The summed E-state index contributed by atoms with van der Waals surface area (Å²) in [6.07, 6.45) is 3.96. The number of aliphatic hydroxyl groups is 1. The number of rotatable bonds is 8. The van der Waals surface area contributed by atoms with E-state index < -0.39 is 5.41 Å². The van der Waals surface area contributed by atoms with E-state index in [2.05, 4.69) is 71.0 Å². The van der Waals surface area contributed by atoms with E-state index in [1.165, 1.54) is 5.56 Å². The first-order valence-corrected chi connectivity index (χ1v) is 13.5. The number of amides is 1. The molecule has 0 radical (unpaired) electrons. The number of aliphatic hydroxyl groups excluding tert-OH is 1. The minimum atomic E-state index is -0.578. The number of likely N-dealkylation sites (tertiary alicyclic amines) is 1. The van der Waals surface area contributed by atoms with Gasteiger partial charge in [-0.15, -0.1) is 0 Å². The molecule has 2 aliphatic rings. The van der Waals surface area contributed by atoms with Crippen LogP contribution in [0.25, 0.3) is 0 Å². The summed E-state index contributed by atoms with van der Waals surface area (Å²) in [7, 11) is 0. The maximum Gasteiger partial charge on any atom is 0.234 e. The molecule has 4 N–H and O–H groups in total. The predicted molar refractivity (Wildman–Crippen MR) is 150 cm³/mol. The first kappa shape index (κ1) is 25.6. The number of hydrogen-bond donors (Lipinski definition) is 4. The molecule has 9 heteroatoms. The summed E-state index contributed by atoms with van der Waals surface area (Å²) in [5, 5.41) is 18.8. The summed E-state index contributed by atoms with van der Waals surface area (Å²) in [6.45, 7) is 7.49. The highest BCUT2D eigenvalue weighted by Gasteiger charge is 2.39. The van der Waals surface area contributed by atoms with Gasteiger partial charge in [0.15, 0.2) is 0 Å². The van der Waals surface area contributed by atoms with E-state index in [9.17, 15) is 4.79 Å². The monoisotopic (exact) mass is 564 g/mol. The summed E-state index contributed by atoms with van der Waals surface area (Å²) in [4.78, 5) is 23.9. The average Bonchev–Trinajstić information content (AvgIpc) is 3.14. The Balaban J connectivity index is 1.24. The van der Waals surface area contributed by atoms with Gasteiger partial charge < -0.3 is 26.0 Å². The Kier molecular flexibility index (Phi) is 7.46. The van der Waals surface area contributed by atoms with Crippen molar-refractivity contribution in [2.45, 2.75) is 44.6 Å². The number of piperidine rings is 1. The van der Waals surface area contributed by atoms with Crippen LogP contribution in [0.3, 0.4) is 0 Å². The van der Waals surface area contributed by atoms with Crippen molar-refractivity contribution < 1.29 is 9.90 Å². The largest absolute Gasteiger partial charge is 0.395 e. The summed E-state index contributed by atoms with van der Waals surface area (Å²) < 4.78 is 0.766. The molecule has 3 heterocycles. The topological polar surface area (TPSA) is 102 Å². The van der Waals surface area contributed by atoms with Gasteiger partial charge in [0, 0.05) is 30.7 Å². The lowest BCUT2D eigenvalue weighted by molar-refractivity contribution is -0.119. The molecule has 1 fully saturated rings. The van der Waals surface area contributed by atoms with Gasteiger partial charge in [-0.3, -0.25) is 4.79 Å². The van der Waals surface area contributed by atoms with Gasteiger partial charge in [-0.2, -0.15) is 4.98 Å². The number of carbonyl (C=O) groups is 1. The molecule has 5 rings (SSSR count). The standard InChI is InChI=1S/C28H33BrN6O2/c1-28(2)24-20(4-3-5-23(24)33-26(28)37)16-30-25-22(29)17-31-27(34-25)32-21-8-6-18(7-9-21)19-10-12-35(13-11-19)14-15-36/h3-9,17,19,36H,10-16H2,1-2H3,(H,33,37)(H2,30,31,32,34). The molecule has 194 valence electrons. The van der Waals surface area contributed by atoms with Crippen molar-refractivity contribution in [1.29, 1.82) is 0 Å². The van der Waals surface area contributed by atoms with Crippen LogP contribution >= 0.6 is 15.9 Å². The number of hydrogen-bond acceptors (Lipinski definition) is 7. The molecule has 0 atom stereocenters. The maximum absolute atomic E-state index is 12.4. The molecule has 1 aromatic heterocycles. The summed E-state index contributed by atoms with van der Waals surface area (Å²) in [5.74, 6) is 1.75. The first-order valence-electron chi connectivity index (χ1n) is 12.8. The minimum absolute atomic E-state index is 0.0165. The fourth-order valence-corrected chi connectivity index (χ4v) is 5.64. The Morgan fingerprint density at radius 3 is 2.65 bits per heavy atom. The highest BCUT2D eigenvalue weighted by Crippen LogP contribution is 2.40. The van der Waals surface area contributed by atoms with Crippen molar-refractivity contribution >= 4 is 45.0 Å². The van der Waals surface area contributed by atoms with E-state index in [0.29, 0.717) is 24.2 Å². The second-order valence-electron chi connectivity index (χ2n) is 10.2. The number of aromatic nitrogens is 2. The lowest BCUT2D eigenvalue weighted by atomic mass is 9.83. The number of anilines is 4. The average molecular weight is 566 g/mol. The Hall–Kier alpha value is -3.01. The van der Waals surface area contributed by atoms with E-state index in [-0.39, 0.29) is 12.5 Å². The third-order valence-electron chi connectivity index (χ3n) is 7.42. The molecular weight excluding hydrogens is 532 g/mol. The van der Waals surface area contributed by atoms with Gasteiger partial charge in [0.2, 0.25) is 11.9 Å². The predicted octanol–water partition coefficient (Wildman–Crippen LogP) is 5.00. The molecule has 2 aliphatic heterocycles. The zero-order chi connectivity index (χ0) is 26.0. The van der Waals surface area contributed by atoms with Gasteiger partial charge >= 0.3 is 0 Å². The van der Waals surface area contributed by atoms with Crippen LogP contribution < -0.4 is 16.0 Å². The normalized spacial score (nSPS) is 17.4. The fourth-order valence-electron chi connectivity index (χ4n) is 5.31. The smallest absolute Gasteiger partial charge is 0.234 e. The van der Waals surface area contributed by atoms with Gasteiger partial charge in [-0.25, -0.2) is 4.98 Å². The van der Waals surface area contributed by atoms with Crippen LogP contribution in [0.5, 0.6) is 0 Å². The van der Waals surface area contributed by atoms with Crippen molar-refractivity contribution in [1.82, 2.24) is 14.9 Å². The Labute approximate surface area is 226 Å². The molecule has 37 heavy (non-hydrogen) atoms. The molecule has 3 aromatic rings. The number of fused-ring (bicyclic) bond motifs is 1. The van der Waals surface area contributed by atoms with Crippen molar-refractivity contribution in [3.63, 3.8) is 0 Å². The van der Waals surface area contributed by atoms with Crippen LogP contribution in [0.2, 0.25) is 0 Å². The molecule has 0 aliphatic carbocycles. The van der Waals surface area contributed by atoms with Crippen molar-refractivity contribution in [2.24, 2.45) is 0 Å². The molecular formula is C28H33BrN6O2. The molecule has 1 saturated heterocycles. The summed E-state index contributed by atoms with van der Waals surface area (Å²) in [6, 6.07) is 14.5. The second-order valence-corrected chi connectivity index (χ2v) is 11.1. The highest BCUT2D eigenvalue weighted by atomic mass is 79.9. The first-order chi connectivity index (χ1) is 17.8. The number of benzene rings is 2. The van der Waals surface area contributed by atoms with E-state index in [1.807, 2.05) is 32.0 Å². The summed E-state index contributed by atoms with van der Waals surface area (Å²) in [5.41, 5.74) is 4.65. The Bertz CT molecular complexity index is 1270. The minimum Gasteiger partial charge on any atom is -0.395 e. The molecule has 0 saturated carbocycles. The zero-order valence-electron chi connectivity index (χ0n) is 21.2. The van der Waals surface area contributed by atoms with Gasteiger partial charge in [0.1, 0.15) is 5.82 Å². The molecule has 2 aromatic carbocycles.